The highest BCUT2D eigenvalue weighted by atomic mass is 32.2. The van der Waals surface area contributed by atoms with Crippen LogP contribution in [-0.2, 0) is 9.59 Å². The first-order chi connectivity index (χ1) is 13.5. The largest absolute Gasteiger partial charge is 0.390 e. The zero-order valence-electron chi connectivity index (χ0n) is 16.3. The van der Waals surface area contributed by atoms with Crippen molar-refractivity contribution in [2.24, 2.45) is 29.1 Å². The Morgan fingerprint density at radius 2 is 2.00 bits per heavy atom. The number of rotatable bonds is 2. The van der Waals surface area contributed by atoms with E-state index in [-0.39, 0.29) is 24.8 Å². The van der Waals surface area contributed by atoms with E-state index in [1.165, 1.54) is 19.1 Å². The summed E-state index contributed by atoms with van der Waals surface area (Å²) in [5, 5.41) is 21.4. The summed E-state index contributed by atoms with van der Waals surface area (Å²) in [5.74, 6) is -3.22. The van der Waals surface area contributed by atoms with Gasteiger partial charge in [-0.05, 0) is 55.7 Å². The number of hydrogen-bond acceptors (Lipinski definition) is 5. The van der Waals surface area contributed by atoms with Crippen LogP contribution in [0.25, 0.3) is 0 Å². The molecule has 9 atom stereocenters. The van der Waals surface area contributed by atoms with E-state index >= 15 is 8.78 Å². The number of fused-ring (bicyclic) bond motifs is 5. The molecule has 0 bridgehead atoms. The number of aliphatic hydroxyl groups excluding tert-OH is 1. The van der Waals surface area contributed by atoms with Gasteiger partial charge in [-0.1, -0.05) is 24.8 Å². The molecule has 0 spiro atoms. The van der Waals surface area contributed by atoms with Crippen LogP contribution in [0.15, 0.2) is 23.8 Å². The van der Waals surface area contributed by atoms with E-state index in [9.17, 15) is 24.2 Å². The number of carbonyl (C=O) groups is 2. The molecule has 4 nitrogen and oxygen atoms in total. The molecule has 0 heterocycles. The topological polar surface area (TPSA) is 74.6 Å². The lowest BCUT2D eigenvalue weighted by Crippen LogP contribution is -2.67. The first-order valence-corrected chi connectivity index (χ1v) is 10.9. The minimum atomic E-state index is -2.24. The fourth-order valence-corrected chi connectivity index (χ4v) is 7.30. The van der Waals surface area contributed by atoms with Crippen molar-refractivity contribution in [1.82, 2.24) is 0 Å². The van der Waals surface area contributed by atoms with Gasteiger partial charge in [-0.2, -0.15) is 0 Å². The van der Waals surface area contributed by atoms with Crippen molar-refractivity contribution < 1.29 is 33.0 Å². The molecule has 2 N–H and O–H groups in total. The molecule has 0 radical (unpaired) electrons. The van der Waals surface area contributed by atoms with Crippen LogP contribution in [0.3, 0.4) is 0 Å². The predicted octanol–water partition coefficient (Wildman–Crippen LogP) is 3.08. The van der Waals surface area contributed by atoms with Crippen molar-refractivity contribution in [3.05, 3.63) is 23.8 Å². The second-order valence-corrected chi connectivity index (χ2v) is 10.0. The van der Waals surface area contributed by atoms with Crippen LogP contribution in [0.2, 0.25) is 0 Å². The zero-order valence-corrected chi connectivity index (χ0v) is 17.1. The average molecular weight is 430 g/mol. The van der Waals surface area contributed by atoms with Crippen LogP contribution < -0.4 is 0 Å². The van der Waals surface area contributed by atoms with Gasteiger partial charge in [0, 0.05) is 17.3 Å². The molecule has 0 aromatic rings. The molecule has 4 rings (SSSR count). The van der Waals surface area contributed by atoms with Crippen LogP contribution in [0.5, 0.6) is 0 Å². The summed E-state index contributed by atoms with van der Waals surface area (Å²) in [6, 6.07) is -0.984. The lowest BCUT2D eigenvalue weighted by molar-refractivity contribution is -0.194. The fourth-order valence-electron chi connectivity index (χ4n) is 6.62. The Kier molecular flexibility index (Phi) is 4.87. The van der Waals surface area contributed by atoms with E-state index in [1.807, 2.05) is 0 Å². The first-order valence-electron chi connectivity index (χ1n) is 9.93. The number of hydrogen-bond donors (Lipinski definition) is 2. The van der Waals surface area contributed by atoms with Gasteiger partial charge in [0.25, 0.3) is 0 Å². The molecule has 29 heavy (non-hydrogen) atoms. The molecule has 160 valence electrons. The molecule has 0 aromatic heterocycles. The van der Waals surface area contributed by atoms with Gasteiger partial charge in [0.1, 0.15) is 17.8 Å². The van der Waals surface area contributed by atoms with Crippen LogP contribution in [0, 0.1) is 29.1 Å². The highest BCUT2D eigenvalue weighted by Gasteiger charge is 2.72. The Labute approximate surface area is 171 Å². The maximum absolute atomic E-state index is 16.7. The molecule has 4 aliphatic rings. The van der Waals surface area contributed by atoms with Crippen molar-refractivity contribution in [3.8, 4) is 0 Å². The number of thioether (sulfide) groups is 1. The van der Waals surface area contributed by atoms with E-state index in [4.69, 9.17) is 0 Å². The third kappa shape index (κ3) is 2.54. The third-order valence-electron chi connectivity index (χ3n) is 8.06. The summed E-state index contributed by atoms with van der Waals surface area (Å²) in [6.45, 7) is 3.15. The maximum atomic E-state index is 16.7. The minimum absolute atomic E-state index is 0.0339. The van der Waals surface area contributed by atoms with Crippen molar-refractivity contribution in [2.75, 3.05) is 6.01 Å². The summed E-state index contributed by atoms with van der Waals surface area (Å²) < 4.78 is 44.7. The predicted molar refractivity (Wildman–Crippen MR) is 102 cm³/mol. The van der Waals surface area contributed by atoms with Gasteiger partial charge in [0.2, 0.25) is 5.12 Å². The highest BCUT2D eigenvalue weighted by molar-refractivity contribution is 8.13. The molecule has 0 unspecified atom stereocenters. The van der Waals surface area contributed by atoms with E-state index in [0.29, 0.717) is 11.8 Å². The molecule has 3 saturated carbocycles. The van der Waals surface area contributed by atoms with Gasteiger partial charge >= 0.3 is 0 Å². The smallest absolute Gasteiger partial charge is 0.223 e. The Morgan fingerprint density at radius 3 is 2.66 bits per heavy atom. The number of ketones is 1. The van der Waals surface area contributed by atoms with Crippen LogP contribution in [-0.4, -0.2) is 50.7 Å². The van der Waals surface area contributed by atoms with Crippen LogP contribution in [0.1, 0.15) is 33.1 Å². The molecular weight excluding hydrogens is 405 g/mol. The SMILES string of the molecule is C[C@@H]1C[C@@H]2[C@H](C[C@H](O)[C@@]3(F)[C@H]2C[C@H](F)C2=CC(=O)C=C[C@@]23C)[C@@]1(O)C(=O)SCF. The lowest BCUT2D eigenvalue weighted by Gasteiger charge is -2.60. The second-order valence-electron chi connectivity index (χ2n) is 9.14. The molecule has 0 saturated heterocycles. The highest BCUT2D eigenvalue weighted by Crippen LogP contribution is 2.67. The van der Waals surface area contributed by atoms with E-state index in [0.717, 1.165) is 6.08 Å². The minimum Gasteiger partial charge on any atom is -0.390 e. The van der Waals surface area contributed by atoms with Crippen molar-refractivity contribution >= 4 is 22.7 Å². The summed E-state index contributed by atoms with van der Waals surface area (Å²) in [5.41, 5.74) is -5.58. The summed E-state index contributed by atoms with van der Waals surface area (Å²) in [4.78, 5) is 24.3. The standard InChI is InChI=1S/C21H25F3O4S/c1-10-5-12-13(20(10,28)18(27)29-9-22)8-17(26)21(24)14(12)7-16(23)15-6-11(25)3-4-19(15,21)2/h3-4,6,10,12-14,16-17,26,28H,5,7-9H2,1-2H3/t10-,12-,13+,14+,16+,17+,19+,20-,21+/m1/s1. The van der Waals surface area contributed by atoms with E-state index < -0.39 is 69.5 Å². The Morgan fingerprint density at radius 1 is 1.31 bits per heavy atom. The fraction of sp³-hybridized carbons (Fsp3) is 0.714. The summed E-state index contributed by atoms with van der Waals surface area (Å²) >= 11 is 0.372. The number of carbonyl (C=O) groups excluding carboxylic acids is 2. The summed E-state index contributed by atoms with van der Waals surface area (Å²) in [6.07, 6.45) is 0.420. The monoisotopic (exact) mass is 430 g/mol. The molecule has 0 aliphatic heterocycles. The summed E-state index contributed by atoms with van der Waals surface area (Å²) in [7, 11) is 0. The zero-order chi connectivity index (χ0) is 21.4. The van der Waals surface area contributed by atoms with Crippen molar-refractivity contribution in [3.63, 3.8) is 0 Å². The van der Waals surface area contributed by atoms with Crippen molar-refractivity contribution in [2.45, 2.75) is 56.7 Å². The Hall–Kier alpha value is -1.12. The van der Waals surface area contributed by atoms with Gasteiger partial charge in [-0.3, -0.25) is 9.59 Å². The van der Waals surface area contributed by atoms with Gasteiger partial charge in [-0.25, -0.2) is 13.2 Å². The molecular formula is C21H25F3O4S. The maximum Gasteiger partial charge on any atom is 0.223 e. The van der Waals surface area contributed by atoms with Crippen molar-refractivity contribution in [1.29, 1.82) is 0 Å². The third-order valence-corrected chi connectivity index (χ3v) is 8.76. The Balaban J connectivity index is 1.79. The molecule has 0 amide bonds. The quantitative estimate of drug-likeness (QED) is 0.704. The van der Waals surface area contributed by atoms with Gasteiger partial charge < -0.3 is 10.2 Å². The molecule has 8 heteroatoms. The number of halogens is 3. The number of allylic oxidation sites excluding steroid dienone is 4. The normalized spacial score (nSPS) is 51.1. The van der Waals surface area contributed by atoms with E-state index in [1.54, 1.807) is 6.92 Å². The van der Waals surface area contributed by atoms with E-state index in [2.05, 4.69) is 0 Å². The van der Waals surface area contributed by atoms with Crippen LogP contribution in [0.4, 0.5) is 13.2 Å². The first kappa shape index (κ1) is 21.1. The second kappa shape index (κ2) is 6.69. The van der Waals surface area contributed by atoms with Gasteiger partial charge in [-0.15, -0.1) is 0 Å². The molecule has 0 aromatic carbocycles. The number of alkyl halides is 3. The van der Waals surface area contributed by atoms with Gasteiger partial charge in [0.05, 0.1) is 6.10 Å². The van der Waals surface area contributed by atoms with Crippen LogP contribution >= 0.6 is 11.8 Å². The van der Waals surface area contributed by atoms with Gasteiger partial charge in [0.15, 0.2) is 11.5 Å². The average Bonchev–Trinajstić information content (AvgIpc) is 2.92. The molecule has 4 aliphatic carbocycles. The number of aliphatic hydroxyl groups is 2. The lowest BCUT2D eigenvalue weighted by atomic mass is 9.47. The molecule has 3 fully saturated rings. The Bertz CT molecular complexity index is 816.